The molecule has 2 aromatic rings. The number of cyclic esters (lactones) is 1. The number of aryl methyl sites for hydroxylation is 1. The minimum absolute atomic E-state index is 0.164. The summed E-state index contributed by atoms with van der Waals surface area (Å²) in [6.45, 7) is 1.88. The maximum absolute atomic E-state index is 12.3. The Morgan fingerprint density at radius 1 is 1.00 bits per heavy atom. The molecule has 0 saturated carbocycles. The van der Waals surface area contributed by atoms with Crippen LogP contribution in [0, 0.1) is 6.92 Å². The molecule has 0 unspecified atom stereocenters. The SMILES string of the molecule is Cc1ccccc1C(=O)/C=C1\OC(=O)c2ccccc21. The molecule has 0 saturated heterocycles. The normalized spacial score (nSPS) is 15.1. The van der Waals surface area contributed by atoms with Crippen LogP contribution in [0.2, 0.25) is 0 Å². The zero-order chi connectivity index (χ0) is 14.1. The predicted octanol–water partition coefficient (Wildman–Crippen LogP) is 3.39. The second-order valence-electron chi connectivity index (χ2n) is 4.62. The lowest BCUT2D eigenvalue weighted by molar-refractivity contribution is 0.0715. The van der Waals surface area contributed by atoms with Gasteiger partial charge in [-0.15, -0.1) is 0 Å². The molecule has 3 rings (SSSR count). The number of ketones is 1. The van der Waals surface area contributed by atoms with Crippen LogP contribution < -0.4 is 0 Å². The molecule has 0 aromatic heterocycles. The zero-order valence-corrected chi connectivity index (χ0v) is 10.9. The molecule has 0 N–H and O–H groups in total. The molecule has 1 aliphatic heterocycles. The third kappa shape index (κ3) is 2.03. The van der Waals surface area contributed by atoms with Crippen LogP contribution in [0.25, 0.3) is 5.76 Å². The van der Waals surface area contributed by atoms with Gasteiger partial charge in [-0.25, -0.2) is 4.79 Å². The van der Waals surface area contributed by atoms with Crippen molar-refractivity contribution in [3.63, 3.8) is 0 Å². The smallest absolute Gasteiger partial charge is 0.344 e. The quantitative estimate of drug-likeness (QED) is 0.474. The fourth-order valence-electron chi connectivity index (χ4n) is 2.24. The van der Waals surface area contributed by atoms with E-state index in [4.69, 9.17) is 4.74 Å². The molecule has 0 fully saturated rings. The first-order chi connectivity index (χ1) is 9.66. The molecular weight excluding hydrogens is 252 g/mol. The number of ether oxygens (including phenoxy) is 1. The number of fused-ring (bicyclic) bond motifs is 1. The average molecular weight is 264 g/mol. The summed E-state index contributed by atoms with van der Waals surface area (Å²) < 4.78 is 5.17. The van der Waals surface area contributed by atoms with Crippen molar-refractivity contribution in [2.75, 3.05) is 0 Å². The molecule has 2 aromatic carbocycles. The van der Waals surface area contributed by atoms with Gasteiger partial charge in [0.05, 0.1) is 5.56 Å². The molecule has 0 aliphatic carbocycles. The Kier molecular flexibility index (Phi) is 2.95. The molecule has 0 amide bonds. The summed E-state index contributed by atoms with van der Waals surface area (Å²) in [7, 11) is 0. The first-order valence-electron chi connectivity index (χ1n) is 6.30. The third-order valence-electron chi connectivity index (χ3n) is 3.29. The Labute approximate surface area is 116 Å². The maximum Gasteiger partial charge on any atom is 0.344 e. The standard InChI is InChI=1S/C17H12O3/c1-11-6-2-3-7-12(11)15(18)10-16-13-8-4-5-9-14(13)17(19)20-16/h2-10H,1H3/b16-10-. The van der Waals surface area contributed by atoms with E-state index in [1.54, 1.807) is 24.3 Å². The molecule has 0 bridgehead atoms. The van der Waals surface area contributed by atoms with E-state index in [1.807, 2.05) is 31.2 Å². The van der Waals surface area contributed by atoms with Crippen LogP contribution in [0.3, 0.4) is 0 Å². The molecule has 3 nitrogen and oxygen atoms in total. The minimum Gasteiger partial charge on any atom is -0.422 e. The molecule has 1 aliphatic rings. The summed E-state index contributed by atoms with van der Waals surface area (Å²) in [6.07, 6.45) is 1.38. The summed E-state index contributed by atoms with van der Waals surface area (Å²) in [5, 5.41) is 0. The summed E-state index contributed by atoms with van der Waals surface area (Å²) in [5.74, 6) is -0.258. The van der Waals surface area contributed by atoms with E-state index >= 15 is 0 Å². The topological polar surface area (TPSA) is 43.4 Å². The number of rotatable bonds is 2. The number of benzene rings is 2. The van der Waals surface area contributed by atoms with E-state index in [-0.39, 0.29) is 5.78 Å². The molecule has 1 heterocycles. The highest BCUT2D eigenvalue weighted by atomic mass is 16.5. The Balaban J connectivity index is 2.01. The highest BCUT2D eigenvalue weighted by molar-refractivity contribution is 6.12. The number of carbonyl (C=O) groups excluding carboxylic acids is 2. The molecule has 0 spiro atoms. The van der Waals surface area contributed by atoms with Crippen LogP contribution in [0.5, 0.6) is 0 Å². The van der Waals surface area contributed by atoms with Crippen molar-refractivity contribution < 1.29 is 14.3 Å². The maximum atomic E-state index is 12.3. The fraction of sp³-hybridized carbons (Fsp3) is 0.0588. The van der Waals surface area contributed by atoms with E-state index in [9.17, 15) is 9.59 Å². The second-order valence-corrected chi connectivity index (χ2v) is 4.62. The van der Waals surface area contributed by atoms with Crippen LogP contribution in [-0.4, -0.2) is 11.8 Å². The van der Waals surface area contributed by atoms with Crippen molar-refractivity contribution in [3.8, 4) is 0 Å². The van der Waals surface area contributed by atoms with Gasteiger partial charge in [0, 0.05) is 17.2 Å². The third-order valence-corrected chi connectivity index (χ3v) is 3.29. The Hall–Kier alpha value is -2.68. The number of esters is 1. The van der Waals surface area contributed by atoms with E-state index < -0.39 is 5.97 Å². The van der Waals surface area contributed by atoms with Gasteiger partial charge >= 0.3 is 5.97 Å². The highest BCUT2D eigenvalue weighted by Crippen LogP contribution is 2.29. The Morgan fingerprint density at radius 2 is 1.65 bits per heavy atom. The predicted molar refractivity (Wildman–Crippen MR) is 75.3 cm³/mol. The average Bonchev–Trinajstić information content (AvgIpc) is 2.76. The van der Waals surface area contributed by atoms with Crippen molar-refractivity contribution in [1.29, 1.82) is 0 Å². The van der Waals surface area contributed by atoms with Crippen molar-refractivity contribution >= 4 is 17.5 Å². The van der Waals surface area contributed by atoms with Crippen LogP contribution >= 0.6 is 0 Å². The summed E-state index contributed by atoms with van der Waals surface area (Å²) in [6, 6.07) is 14.4. The molecule has 98 valence electrons. The van der Waals surface area contributed by atoms with Gasteiger partial charge in [-0.3, -0.25) is 4.79 Å². The molecule has 20 heavy (non-hydrogen) atoms. The molecule has 0 radical (unpaired) electrons. The van der Waals surface area contributed by atoms with Gasteiger partial charge < -0.3 is 4.74 Å². The van der Waals surface area contributed by atoms with Crippen LogP contribution in [0.1, 0.15) is 31.8 Å². The summed E-state index contributed by atoms with van der Waals surface area (Å²) in [5.41, 5.74) is 2.67. The van der Waals surface area contributed by atoms with Gasteiger partial charge in [-0.1, -0.05) is 42.5 Å². The second kappa shape index (κ2) is 4.78. The number of hydrogen-bond acceptors (Lipinski definition) is 3. The minimum atomic E-state index is -0.413. The summed E-state index contributed by atoms with van der Waals surface area (Å²) >= 11 is 0. The van der Waals surface area contributed by atoms with Gasteiger partial charge in [0.15, 0.2) is 5.78 Å². The number of allylic oxidation sites excluding steroid dienone is 1. The first kappa shape index (κ1) is 12.4. The lowest BCUT2D eigenvalue weighted by atomic mass is 10.0. The Morgan fingerprint density at radius 3 is 2.40 bits per heavy atom. The van der Waals surface area contributed by atoms with Crippen molar-refractivity contribution in [3.05, 3.63) is 76.9 Å². The van der Waals surface area contributed by atoms with Gasteiger partial charge in [0.2, 0.25) is 0 Å². The largest absolute Gasteiger partial charge is 0.422 e. The molecule has 0 atom stereocenters. The molecular formula is C17H12O3. The lowest BCUT2D eigenvalue weighted by Gasteiger charge is -2.02. The monoisotopic (exact) mass is 264 g/mol. The number of hydrogen-bond donors (Lipinski definition) is 0. The van der Waals surface area contributed by atoms with E-state index in [1.165, 1.54) is 6.08 Å². The zero-order valence-electron chi connectivity index (χ0n) is 10.9. The van der Waals surface area contributed by atoms with E-state index in [2.05, 4.69) is 0 Å². The van der Waals surface area contributed by atoms with Gasteiger partial charge in [0.1, 0.15) is 5.76 Å². The van der Waals surface area contributed by atoms with Crippen LogP contribution in [0.15, 0.2) is 54.6 Å². The van der Waals surface area contributed by atoms with Crippen molar-refractivity contribution in [2.24, 2.45) is 0 Å². The summed E-state index contributed by atoms with van der Waals surface area (Å²) in [4.78, 5) is 24.0. The van der Waals surface area contributed by atoms with Crippen molar-refractivity contribution in [2.45, 2.75) is 6.92 Å². The van der Waals surface area contributed by atoms with E-state index in [0.29, 0.717) is 22.4 Å². The van der Waals surface area contributed by atoms with Gasteiger partial charge in [-0.2, -0.15) is 0 Å². The van der Waals surface area contributed by atoms with E-state index in [0.717, 1.165) is 5.56 Å². The van der Waals surface area contributed by atoms with Crippen molar-refractivity contribution in [1.82, 2.24) is 0 Å². The van der Waals surface area contributed by atoms with Crippen LogP contribution in [-0.2, 0) is 4.74 Å². The highest BCUT2D eigenvalue weighted by Gasteiger charge is 2.26. The van der Waals surface area contributed by atoms with Gasteiger partial charge in [0.25, 0.3) is 0 Å². The van der Waals surface area contributed by atoms with Gasteiger partial charge in [-0.05, 0) is 18.6 Å². The number of carbonyl (C=O) groups is 2. The fourth-order valence-corrected chi connectivity index (χ4v) is 2.24. The lowest BCUT2D eigenvalue weighted by Crippen LogP contribution is -1.99. The first-order valence-corrected chi connectivity index (χ1v) is 6.30. The van der Waals surface area contributed by atoms with Crippen LogP contribution in [0.4, 0.5) is 0 Å². The molecule has 3 heteroatoms. The Bertz CT molecular complexity index is 741.